The van der Waals surface area contributed by atoms with Crippen molar-refractivity contribution in [2.24, 2.45) is 17.1 Å². The molecule has 18 heavy (non-hydrogen) atoms. The highest BCUT2D eigenvalue weighted by Gasteiger charge is 2.43. The van der Waals surface area contributed by atoms with Gasteiger partial charge in [-0.3, -0.25) is 4.79 Å². The molecule has 0 radical (unpaired) electrons. The van der Waals surface area contributed by atoms with E-state index in [2.05, 4.69) is 13.8 Å². The molecule has 2 fully saturated rings. The molecule has 1 amide bonds. The van der Waals surface area contributed by atoms with Crippen LogP contribution in [0.5, 0.6) is 0 Å². The van der Waals surface area contributed by atoms with Crippen LogP contribution in [-0.2, 0) is 9.53 Å². The zero-order chi connectivity index (χ0) is 12.5. The molecule has 1 spiro atoms. The van der Waals surface area contributed by atoms with Crippen LogP contribution in [0.1, 0.15) is 33.1 Å². The van der Waals surface area contributed by atoms with Crippen LogP contribution in [0.2, 0.25) is 0 Å². The van der Waals surface area contributed by atoms with Crippen molar-refractivity contribution < 1.29 is 9.53 Å². The number of ether oxygens (including phenoxy) is 1. The fourth-order valence-corrected chi connectivity index (χ4v) is 2.94. The second-order valence-corrected chi connectivity index (χ2v) is 6.05. The van der Waals surface area contributed by atoms with E-state index in [1.54, 1.807) is 0 Å². The molecule has 2 atom stereocenters. The van der Waals surface area contributed by atoms with Gasteiger partial charge in [-0.2, -0.15) is 0 Å². The molecule has 0 aromatic rings. The zero-order valence-electron chi connectivity index (χ0n) is 11.4. The van der Waals surface area contributed by atoms with E-state index in [4.69, 9.17) is 10.5 Å². The number of nitrogens with two attached hydrogens (primary N) is 1. The van der Waals surface area contributed by atoms with Crippen molar-refractivity contribution >= 4 is 18.3 Å². The first-order valence-electron chi connectivity index (χ1n) is 6.64. The van der Waals surface area contributed by atoms with Gasteiger partial charge >= 0.3 is 0 Å². The molecule has 2 heterocycles. The maximum absolute atomic E-state index is 12.2. The fourth-order valence-electron chi connectivity index (χ4n) is 2.94. The van der Waals surface area contributed by atoms with E-state index < -0.39 is 0 Å². The quantitative estimate of drug-likeness (QED) is 0.848. The SMILES string of the molecule is CC(C)C[C@H](N)C(=O)N1CCC2(CCOC2)C1.Cl. The van der Waals surface area contributed by atoms with Crippen LogP contribution in [0.4, 0.5) is 0 Å². The second kappa shape index (κ2) is 6.22. The standard InChI is InChI=1S/C13H24N2O2.ClH/c1-10(2)7-11(14)12(16)15-5-3-13(8-15)4-6-17-9-13;/h10-11H,3-9,14H2,1-2H3;1H/t11-,13?;/m0./s1. The number of halogens is 1. The van der Waals surface area contributed by atoms with Gasteiger partial charge in [0.2, 0.25) is 5.91 Å². The minimum atomic E-state index is -0.326. The lowest BCUT2D eigenvalue weighted by Gasteiger charge is -2.24. The van der Waals surface area contributed by atoms with E-state index in [0.29, 0.717) is 5.92 Å². The molecule has 4 nitrogen and oxygen atoms in total. The predicted molar refractivity (Wildman–Crippen MR) is 73.7 cm³/mol. The van der Waals surface area contributed by atoms with Crippen LogP contribution >= 0.6 is 12.4 Å². The largest absolute Gasteiger partial charge is 0.381 e. The number of nitrogens with zero attached hydrogens (tertiary/aromatic N) is 1. The van der Waals surface area contributed by atoms with Crippen LogP contribution in [-0.4, -0.2) is 43.2 Å². The number of carbonyl (C=O) groups is 1. The van der Waals surface area contributed by atoms with Crippen molar-refractivity contribution in [2.75, 3.05) is 26.3 Å². The Morgan fingerprint density at radius 2 is 2.17 bits per heavy atom. The summed E-state index contributed by atoms with van der Waals surface area (Å²) in [6.07, 6.45) is 2.95. The van der Waals surface area contributed by atoms with Gasteiger partial charge in [0.25, 0.3) is 0 Å². The van der Waals surface area contributed by atoms with Crippen LogP contribution in [0, 0.1) is 11.3 Å². The van der Waals surface area contributed by atoms with Gasteiger partial charge in [0.05, 0.1) is 12.6 Å². The average Bonchev–Trinajstić information content (AvgIpc) is 2.88. The number of hydrogen-bond acceptors (Lipinski definition) is 3. The third-order valence-corrected chi connectivity index (χ3v) is 3.98. The summed E-state index contributed by atoms with van der Waals surface area (Å²) in [6, 6.07) is -0.326. The Morgan fingerprint density at radius 1 is 1.44 bits per heavy atom. The van der Waals surface area contributed by atoms with Crippen LogP contribution in [0.25, 0.3) is 0 Å². The van der Waals surface area contributed by atoms with E-state index in [1.807, 2.05) is 4.90 Å². The van der Waals surface area contributed by atoms with E-state index in [1.165, 1.54) is 0 Å². The van der Waals surface area contributed by atoms with Crippen LogP contribution in [0.3, 0.4) is 0 Å². The number of hydrogen-bond donors (Lipinski definition) is 1. The topological polar surface area (TPSA) is 55.6 Å². The second-order valence-electron chi connectivity index (χ2n) is 6.05. The summed E-state index contributed by atoms with van der Waals surface area (Å²) >= 11 is 0. The highest BCUT2D eigenvalue weighted by Crippen LogP contribution is 2.38. The van der Waals surface area contributed by atoms with Crippen molar-refractivity contribution in [1.82, 2.24) is 4.90 Å². The van der Waals surface area contributed by atoms with Crippen molar-refractivity contribution in [3.05, 3.63) is 0 Å². The minimum Gasteiger partial charge on any atom is -0.381 e. The Labute approximate surface area is 116 Å². The highest BCUT2D eigenvalue weighted by atomic mass is 35.5. The summed E-state index contributed by atoms with van der Waals surface area (Å²) in [7, 11) is 0. The smallest absolute Gasteiger partial charge is 0.239 e. The number of amides is 1. The average molecular weight is 277 g/mol. The van der Waals surface area contributed by atoms with Gasteiger partial charge in [0.1, 0.15) is 0 Å². The number of rotatable bonds is 3. The molecule has 1 unspecified atom stereocenters. The molecule has 0 saturated carbocycles. The predicted octanol–water partition coefficient (Wildman–Crippen LogP) is 1.42. The lowest BCUT2D eigenvalue weighted by Crippen LogP contribution is -2.44. The molecule has 2 rings (SSSR count). The van der Waals surface area contributed by atoms with Crippen molar-refractivity contribution in [2.45, 2.75) is 39.2 Å². The Morgan fingerprint density at radius 3 is 2.72 bits per heavy atom. The summed E-state index contributed by atoms with van der Waals surface area (Å²) < 4.78 is 5.47. The van der Waals surface area contributed by atoms with Crippen molar-refractivity contribution in [3.8, 4) is 0 Å². The Bertz CT molecular complexity index is 291. The first kappa shape index (κ1) is 15.7. The third-order valence-electron chi connectivity index (χ3n) is 3.98. The van der Waals surface area contributed by atoms with Gasteiger partial charge in [-0.15, -0.1) is 12.4 Å². The molecule has 0 bridgehead atoms. The lowest BCUT2D eigenvalue weighted by atomic mass is 9.87. The molecule has 106 valence electrons. The summed E-state index contributed by atoms with van der Waals surface area (Å²) in [6.45, 7) is 7.56. The normalized spacial score (nSPS) is 28.8. The van der Waals surface area contributed by atoms with Gasteiger partial charge in [0.15, 0.2) is 0 Å². The molecule has 0 aliphatic carbocycles. The molecular weight excluding hydrogens is 252 g/mol. The minimum absolute atomic E-state index is 0. The van der Waals surface area contributed by atoms with Gasteiger partial charge < -0.3 is 15.4 Å². The van der Waals surface area contributed by atoms with E-state index in [9.17, 15) is 4.79 Å². The summed E-state index contributed by atoms with van der Waals surface area (Å²) in [4.78, 5) is 14.1. The summed E-state index contributed by atoms with van der Waals surface area (Å²) in [5, 5.41) is 0. The van der Waals surface area contributed by atoms with Gasteiger partial charge in [-0.05, 0) is 25.2 Å². The van der Waals surface area contributed by atoms with E-state index in [-0.39, 0.29) is 29.8 Å². The first-order valence-corrected chi connectivity index (χ1v) is 6.64. The number of likely N-dealkylation sites (tertiary alicyclic amines) is 1. The molecule has 0 aromatic carbocycles. The summed E-state index contributed by atoms with van der Waals surface area (Å²) in [5.41, 5.74) is 6.21. The molecule has 2 saturated heterocycles. The van der Waals surface area contributed by atoms with Crippen molar-refractivity contribution in [1.29, 1.82) is 0 Å². The molecule has 2 aliphatic rings. The van der Waals surface area contributed by atoms with E-state index >= 15 is 0 Å². The maximum Gasteiger partial charge on any atom is 0.239 e. The highest BCUT2D eigenvalue weighted by molar-refractivity contribution is 5.85. The first-order chi connectivity index (χ1) is 8.02. The maximum atomic E-state index is 12.2. The van der Waals surface area contributed by atoms with Gasteiger partial charge in [0, 0.05) is 25.1 Å². The van der Waals surface area contributed by atoms with Gasteiger partial charge in [-0.1, -0.05) is 13.8 Å². The van der Waals surface area contributed by atoms with Crippen molar-refractivity contribution in [3.63, 3.8) is 0 Å². The molecule has 2 N–H and O–H groups in total. The Balaban J connectivity index is 0.00000162. The molecule has 0 aromatic heterocycles. The fraction of sp³-hybridized carbons (Fsp3) is 0.923. The lowest BCUT2D eigenvalue weighted by molar-refractivity contribution is -0.132. The van der Waals surface area contributed by atoms with Gasteiger partial charge in [-0.25, -0.2) is 0 Å². The van der Waals surface area contributed by atoms with Crippen LogP contribution in [0.15, 0.2) is 0 Å². The Kier molecular flexibility index (Phi) is 5.44. The van der Waals surface area contributed by atoms with Crippen LogP contribution < -0.4 is 5.73 Å². The molecule has 5 heteroatoms. The Hall–Kier alpha value is -0.320. The zero-order valence-corrected chi connectivity index (χ0v) is 12.2. The molecule has 2 aliphatic heterocycles. The monoisotopic (exact) mass is 276 g/mol. The van der Waals surface area contributed by atoms with E-state index in [0.717, 1.165) is 45.6 Å². The summed E-state index contributed by atoms with van der Waals surface area (Å²) in [5.74, 6) is 0.600. The molecular formula is C13H25ClN2O2. The number of carbonyl (C=O) groups excluding carboxylic acids is 1. The third kappa shape index (κ3) is 3.37.